The second kappa shape index (κ2) is 8.85. The number of thioether (sulfide) groups is 1. The average Bonchev–Trinajstić information content (AvgIpc) is 3.37. The summed E-state index contributed by atoms with van der Waals surface area (Å²) in [6.07, 6.45) is 1.37. The van der Waals surface area contributed by atoms with Crippen LogP contribution in [0, 0.1) is 6.92 Å². The lowest BCUT2D eigenvalue weighted by Crippen LogP contribution is -2.39. The molecule has 1 aromatic carbocycles. The van der Waals surface area contributed by atoms with E-state index in [1.54, 1.807) is 10.6 Å². The number of carbonyl (C=O) groups excluding carboxylic acids is 1. The molecule has 8 nitrogen and oxygen atoms in total. The molecule has 4 heterocycles. The fraction of sp³-hybridized carbons (Fsp3) is 0.348. The van der Waals surface area contributed by atoms with Gasteiger partial charge in [0.1, 0.15) is 23.3 Å². The van der Waals surface area contributed by atoms with Crippen LogP contribution in [0.3, 0.4) is 0 Å². The van der Waals surface area contributed by atoms with Crippen molar-refractivity contribution in [1.82, 2.24) is 19.5 Å². The molecule has 0 spiro atoms. The van der Waals surface area contributed by atoms with E-state index in [-0.39, 0.29) is 18.3 Å². The van der Waals surface area contributed by atoms with Crippen molar-refractivity contribution in [1.29, 1.82) is 0 Å². The van der Waals surface area contributed by atoms with E-state index in [1.165, 1.54) is 17.7 Å². The Bertz CT molecular complexity index is 1360. The van der Waals surface area contributed by atoms with Gasteiger partial charge >= 0.3 is 0 Å². The summed E-state index contributed by atoms with van der Waals surface area (Å²) in [6, 6.07) is 5.81. The van der Waals surface area contributed by atoms with Crippen LogP contribution >= 0.6 is 23.1 Å². The summed E-state index contributed by atoms with van der Waals surface area (Å²) < 4.78 is 8.23. The third-order valence-corrected chi connectivity index (χ3v) is 7.93. The summed E-state index contributed by atoms with van der Waals surface area (Å²) in [5, 5.41) is 15.9. The minimum absolute atomic E-state index is 0.0795. The van der Waals surface area contributed by atoms with Crippen molar-refractivity contribution in [3.63, 3.8) is 0 Å². The molecule has 1 aliphatic heterocycles. The van der Waals surface area contributed by atoms with Gasteiger partial charge < -0.3 is 20.5 Å². The van der Waals surface area contributed by atoms with Crippen molar-refractivity contribution in [2.45, 2.75) is 20.5 Å². The Kier molecular flexibility index (Phi) is 5.90. The Labute approximate surface area is 199 Å². The van der Waals surface area contributed by atoms with E-state index in [9.17, 15) is 9.90 Å². The lowest BCUT2D eigenvalue weighted by atomic mass is 10.1. The van der Waals surface area contributed by atoms with E-state index >= 15 is 0 Å². The molecule has 0 bridgehead atoms. The van der Waals surface area contributed by atoms with Gasteiger partial charge in [-0.2, -0.15) is 16.9 Å². The maximum absolute atomic E-state index is 13.7. The molecule has 10 heteroatoms. The van der Waals surface area contributed by atoms with Crippen LogP contribution in [-0.2, 0) is 11.3 Å². The number of aromatic nitrogens is 3. The van der Waals surface area contributed by atoms with Crippen LogP contribution in [0.4, 0.5) is 5.82 Å². The number of fused-ring (bicyclic) bond motifs is 2. The predicted octanol–water partition coefficient (Wildman–Crippen LogP) is 3.93. The molecule has 3 N–H and O–H groups in total. The van der Waals surface area contributed by atoms with Gasteiger partial charge in [0.2, 0.25) is 0 Å². The number of aryl methyl sites for hydroxylation is 1. The van der Waals surface area contributed by atoms with Crippen LogP contribution in [0.5, 0.6) is 5.75 Å². The fourth-order valence-electron chi connectivity index (χ4n) is 4.31. The molecular weight excluding hydrogens is 458 g/mol. The third-order valence-electron chi connectivity index (χ3n) is 5.79. The number of anilines is 1. The maximum Gasteiger partial charge on any atom is 0.272 e. The number of aromatic hydroxyl groups is 1. The number of nitrogens with zero attached hydrogens (tertiary/aromatic N) is 4. The number of thiophene rings is 1. The topological polar surface area (TPSA) is 106 Å². The quantitative estimate of drug-likeness (QED) is 0.443. The SMILES string of the molecule is CCOCc1c(-c2cc3cc(C)cc(O)c3s2)c2c(N)ncnn2c1C(=O)N1CCSCC1. The lowest BCUT2D eigenvalue weighted by Gasteiger charge is -2.26. The molecule has 1 aliphatic rings. The summed E-state index contributed by atoms with van der Waals surface area (Å²) >= 11 is 3.31. The van der Waals surface area contributed by atoms with Crippen molar-refractivity contribution in [2.75, 3.05) is 36.9 Å². The summed E-state index contributed by atoms with van der Waals surface area (Å²) in [6.45, 7) is 6.01. The molecule has 172 valence electrons. The Hall–Kier alpha value is -2.82. The number of phenols is 1. The molecule has 0 unspecified atom stereocenters. The minimum atomic E-state index is -0.0795. The number of hydrogen-bond acceptors (Lipinski definition) is 8. The molecule has 1 fully saturated rings. The van der Waals surface area contributed by atoms with Crippen molar-refractivity contribution in [2.24, 2.45) is 0 Å². The third kappa shape index (κ3) is 3.81. The van der Waals surface area contributed by atoms with Gasteiger partial charge in [-0.3, -0.25) is 4.79 Å². The number of phenolic OH excluding ortho intramolecular Hbond substituents is 1. The van der Waals surface area contributed by atoms with Crippen LogP contribution in [-0.4, -0.2) is 61.7 Å². The highest BCUT2D eigenvalue weighted by atomic mass is 32.2. The molecule has 5 rings (SSSR count). The molecular formula is C23H25N5O3S2. The highest BCUT2D eigenvalue weighted by molar-refractivity contribution is 7.99. The minimum Gasteiger partial charge on any atom is -0.506 e. The summed E-state index contributed by atoms with van der Waals surface area (Å²) in [5.74, 6) is 2.28. The lowest BCUT2D eigenvalue weighted by molar-refractivity contribution is 0.0755. The van der Waals surface area contributed by atoms with Crippen LogP contribution < -0.4 is 5.73 Å². The first kappa shape index (κ1) is 22.0. The monoisotopic (exact) mass is 483 g/mol. The van der Waals surface area contributed by atoms with E-state index in [0.717, 1.165) is 43.2 Å². The van der Waals surface area contributed by atoms with Crippen molar-refractivity contribution >= 4 is 50.4 Å². The van der Waals surface area contributed by atoms with Gasteiger partial charge in [0.25, 0.3) is 5.91 Å². The molecule has 1 amide bonds. The number of amides is 1. The number of carbonyl (C=O) groups is 1. The number of ether oxygens (including phenoxy) is 1. The Morgan fingerprint density at radius 2 is 2.06 bits per heavy atom. The molecule has 1 saturated heterocycles. The Morgan fingerprint density at radius 1 is 1.27 bits per heavy atom. The number of nitrogens with two attached hydrogens (primary N) is 1. The van der Waals surface area contributed by atoms with Crippen LogP contribution in [0.15, 0.2) is 24.5 Å². The molecule has 33 heavy (non-hydrogen) atoms. The van der Waals surface area contributed by atoms with Gasteiger partial charge in [0.05, 0.1) is 11.3 Å². The van der Waals surface area contributed by atoms with Gasteiger partial charge in [-0.05, 0) is 36.9 Å². The first-order valence-electron chi connectivity index (χ1n) is 10.8. The van der Waals surface area contributed by atoms with Crippen LogP contribution in [0.2, 0.25) is 0 Å². The summed E-state index contributed by atoms with van der Waals surface area (Å²) in [4.78, 5) is 20.7. The Balaban J connectivity index is 1.79. The van der Waals surface area contributed by atoms with Crippen molar-refractivity contribution in [3.8, 4) is 16.2 Å². The number of rotatable bonds is 5. The summed E-state index contributed by atoms with van der Waals surface area (Å²) in [7, 11) is 0. The van der Waals surface area contributed by atoms with E-state index < -0.39 is 0 Å². The highest BCUT2D eigenvalue weighted by Crippen LogP contribution is 2.44. The zero-order valence-corrected chi connectivity index (χ0v) is 20.1. The second-order valence-electron chi connectivity index (χ2n) is 7.96. The second-order valence-corrected chi connectivity index (χ2v) is 10.2. The molecule has 3 aromatic heterocycles. The van der Waals surface area contributed by atoms with Crippen LogP contribution in [0.25, 0.3) is 26.0 Å². The zero-order chi connectivity index (χ0) is 23.1. The molecule has 4 aromatic rings. The van der Waals surface area contributed by atoms with Crippen molar-refractivity contribution in [3.05, 3.63) is 41.3 Å². The average molecular weight is 484 g/mol. The van der Waals surface area contributed by atoms with Gasteiger partial charge in [-0.1, -0.05) is 6.07 Å². The van der Waals surface area contributed by atoms with E-state index in [4.69, 9.17) is 10.5 Å². The van der Waals surface area contributed by atoms with Crippen molar-refractivity contribution < 1.29 is 14.6 Å². The van der Waals surface area contributed by atoms with E-state index in [0.29, 0.717) is 36.7 Å². The van der Waals surface area contributed by atoms with Gasteiger partial charge in [0, 0.05) is 47.2 Å². The van der Waals surface area contributed by atoms with E-state index in [1.807, 2.05) is 42.6 Å². The first-order valence-corrected chi connectivity index (χ1v) is 12.8. The zero-order valence-electron chi connectivity index (χ0n) is 18.5. The molecule has 0 atom stereocenters. The largest absolute Gasteiger partial charge is 0.506 e. The van der Waals surface area contributed by atoms with Gasteiger partial charge in [0.15, 0.2) is 5.82 Å². The van der Waals surface area contributed by atoms with Crippen LogP contribution in [0.1, 0.15) is 28.5 Å². The number of hydrogen-bond donors (Lipinski definition) is 2. The van der Waals surface area contributed by atoms with Gasteiger partial charge in [-0.25, -0.2) is 9.50 Å². The Morgan fingerprint density at radius 3 is 2.82 bits per heavy atom. The number of benzene rings is 1. The smallest absolute Gasteiger partial charge is 0.272 e. The maximum atomic E-state index is 13.7. The standard InChI is InChI=1S/C23H25N5O3S2/c1-3-31-11-15-18(17-10-14-8-13(2)9-16(29)21(14)33-17)20-22(24)25-12-26-28(20)19(15)23(30)27-4-6-32-7-5-27/h8-10,12,29H,3-7,11H2,1-2H3,(H2,24,25,26). The molecule has 0 saturated carbocycles. The summed E-state index contributed by atoms with van der Waals surface area (Å²) in [5.41, 5.74) is 9.91. The molecule has 0 aliphatic carbocycles. The highest BCUT2D eigenvalue weighted by Gasteiger charge is 2.31. The fourth-order valence-corrected chi connectivity index (χ4v) is 6.34. The predicted molar refractivity (Wildman–Crippen MR) is 133 cm³/mol. The van der Waals surface area contributed by atoms with Gasteiger partial charge in [-0.15, -0.1) is 11.3 Å². The molecule has 0 radical (unpaired) electrons. The first-order chi connectivity index (χ1) is 16.0. The normalized spacial score (nSPS) is 14.4. The van der Waals surface area contributed by atoms with E-state index in [2.05, 4.69) is 10.1 Å². The number of nitrogen functional groups attached to an aromatic ring is 1.